The molecule has 0 bridgehead atoms. The molecule has 30 heavy (non-hydrogen) atoms. The first-order valence-corrected chi connectivity index (χ1v) is 9.77. The number of hydrogen-bond donors (Lipinski definition) is 2. The van der Waals surface area contributed by atoms with Gasteiger partial charge in [0.15, 0.2) is 5.82 Å². The van der Waals surface area contributed by atoms with Crippen LogP contribution < -0.4 is 15.4 Å². The minimum atomic E-state index is -0.403. The summed E-state index contributed by atoms with van der Waals surface area (Å²) in [6.07, 6.45) is 0. The molecule has 0 aliphatic carbocycles. The first kappa shape index (κ1) is 18.1. The van der Waals surface area contributed by atoms with Crippen LogP contribution in [-0.4, -0.2) is 23.0 Å². The molecule has 0 saturated carbocycles. The fourth-order valence-corrected chi connectivity index (χ4v) is 3.80. The minimum absolute atomic E-state index is 0.113. The Morgan fingerprint density at radius 3 is 2.60 bits per heavy atom. The molecule has 2 N–H and O–H groups in total. The maximum absolute atomic E-state index is 12.4. The van der Waals surface area contributed by atoms with Crippen molar-refractivity contribution in [1.29, 1.82) is 0 Å². The van der Waals surface area contributed by atoms with Gasteiger partial charge in [0.1, 0.15) is 23.1 Å². The maximum Gasteiger partial charge on any atom is 0.252 e. The Balaban J connectivity index is 1.62. The molecule has 1 aliphatic rings. The normalized spacial score (nSPS) is 15.0. The molecule has 0 spiro atoms. The van der Waals surface area contributed by atoms with Crippen LogP contribution in [-0.2, 0) is 6.54 Å². The molecular weight excluding hydrogens is 376 g/mol. The molecule has 4 aromatic rings. The van der Waals surface area contributed by atoms with Gasteiger partial charge < -0.3 is 15.4 Å². The number of methoxy groups -OCH3 is 1. The molecule has 1 unspecified atom stereocenters. The van der Waals surface area contributed by atoms with E-state index in [1.165, 1.54) is 0 Å². The summed E-state index contributed by atoms with van der Waals surface area (Å²) in [5, 5.41) is 7.31. The molecular formula is C24H20N4O2. The van der Waals surface area contributed by atoms with E-state index >= 15 is 0 Å². The van der Waals surface area contributed by atoms with Crippen molar-refractivity contribution in [3.63, 3.8) is 0 Å². The number of rotatable bonds is 5. The van der Waals surface area contributed by atoms with Gasteiger partial charge >= 0.3 is 0 Å². The molecule has 3 aromatic carbocycles. The third-order valence-corrected chi connectivity index (χ3v) is 5.28. The van der Waals surface area contributed by atoms with Gasteiger partial charge in [0.25, 0.3) is 5.91 Å². The molecule has 1 aromatic heterocycles. The van der Waals surface area contributed by atoms with Gasteiger partial charge in [-0.25, -0.2) is 9.97 Å². The Hall–Kier alpha value is -3.93. The fourth-order valence-electron chi connectivity index (χ4n) is 3.80. The average molecular weight is 396 g/mol. The van der Waals surface area contributed by atoms with Crippen molar-refractivity contribution in [2.24, 2.45) is 0 Å². The zero-order chi connectivity index (χ0) is 20.5. The molecule has 5 rings (SSSR count). The van der Waals surface area contributed by atoms with Crippen molar-refractivity contribution < 1.29 is 9.53 Å². The summed E-state index contributed by atoms with van der Waals surface area (Å²) in [4.78, 5) is 22.0. The first-order chi connectivity index (χ1) is 14.7. The van der Waals surface area contributed by atoms with Crippen molar-refractivity contribution in [2.45, 2.75) is 12.6 Å². The molecule has 1 aliphatic heterocycles. The number of anilines is 1. The third kappa shape index (κ3) is 3.12. The molecule has 148 valence electrons. The molecule has 1 amide bonds. The number of carbonyl (C=O) groups excluding carboxylic acids is 1. The van der Waals surface area contributed by atoms with Gasteiger partial charge in [0.05, 0.1) is 7.11 Å². The van der Waals surface area contributed by atoms with Gasteiger partial charge in [-0.1, -0.05) is 54.6 Å². The van der Waals surface area contributed by atoms with Gasteiger partial charge in [0, 0.05) is 17.5 Å². The molecule has 2 heterocycles. The molecule has 0 fully saturated rings. The fraction of sp³-hybridized carbons (Fsp3) is 0.125. The third-order valence-electron chi connectivity index (χ3n) is 5.28. The van der Waals surface area contributed by atoms with Gasteiger partial charge in [-0.05, 0) is 29.3 Å². The zero-order valence-electron chi connectivity index (χ0n) is 16.4. The first-order valence-electron chi connectivity index (χ1n) is 9.77. The lowest BCUT2D eigenvalue weighted by molar-refractivity contribution is 0.0959. The van der Waals surface area contributed by atoms with Crippen LogP contribution in [0.15, 0.2) is 72.8 Å². The van der Waals surface area contributed by atoms with E-state index in [1.54, 1.807) is 7.11 Å². The monoisotopic (exact) mass is 396 g/mol. The van der Waals surface area contributed by atoms with Crippen LogP contribution in [0.4, 0.5) is 5.82 Å². The highest BCUT2D eigenvalue weighted by Gasteiger charge is 2.32. The topological polar surface area (TPSA) is 76.1 Å². The zero-order valence-corrected chi connectivity index (χ0v) is 16.4. The highest BCUT2D eigenvalue weighted by Crippen LogP contribution is 2.34. The van der Waals surface area contributed by atoms with Gasteiger partial charge in [-0.3, -0.25) is 4.79 Å². The number of nitrogens with zero attached hydrogens (tertiary/aromatic N) is 2. The van der Waals surface area contributed by atoms with Gasteiger partial charge in [-0.15, -0.1) is 0 Å². The summed E-state index contributed by atoms with van der Waals surface area (Å²) in [6.45, 7) is 0.622. The Kier molecular flexibility index (Phi) is 4.52. The van der Waals surface area contributed by atoms with Crippen molar-refractivity contribution in [2.75, 3.05) is 12.4 Å². The number of carbonyl (C=O) groups is 1. The van der Waals surface area contributed by atoms with E-state index in [4.69, 9.17) is 14.7 Å². The Labute approximate surface area is 173 Å². The van der Waals surface area contributed by atoms with Crippen LogP contribution in [0.1, 0.15) is 33.4 Å². The minimum Gasteiger partial charge on any atom is -0.494 e. The Bertz CT molecular complexity index is 1240. The number of fused-ring (bicyclic) bond motifs is 2. The van der Waals surface area contributed by atoms with Crippen LogP contribution in [0, 0.1) is 0 Å². The second-order valence-corrected chi connectivity index (χ2v) is 7.12. The number of benzene rings is 3. The summed E-state index contributed by atoms with van der Waals surface area (Å²) in [5.41, 5.74) is 3.39. The molecule has 1 atom stereocenters. The number of nitrogens with one attached hydrogen (secondary N) is 2. The summed E-state index contributed by atoms with van der Waals surface area (Å²) >= 11 is 0. The Morgan fingerprint density at radius 2 is 1.77 bits per heavy atom. The largest absolute Gasteiger partial charge is 0.494 e. The van der Waals surface area contributed by atoms with Crippen molar-refractivity contribution in [3.8, 4) is 5.75 Å². The number of aromatic nitrogens is 2. The van der Waals surface area contributed by atoms with Crippen LogP contribution >= 0.6 is 0 Å². The van der Waals surface area contributed by atoms with Gasteiger partial charge in [0.2, 0.25) is 0 Å². The highest BCUT2D eigenvalue weighted by atomic mass is 16.5. The molecule has 6 nitrogen and oxygen atoms in total. The number of hydrogen-bond acceptors (Lipinski definition) is 5. The molecule has 0 saturated heterocycles. The smallest absolute Gasteiger partial charge is 0.252 e. The predicted molar refractivity (Wildman–Crippen MR) is 116 cm³/mol. The lowest BCUT2D eigenvalue weighted by Crippen LogP contribution is -2.22. The van der Waals surface area contributed by atoms with Crippen molar-refractivity contribution >= 4 is 22.6 Å². The second-order valence-electron chi connectivity index (χ2n) is 7.12. The SMILES string of the molecule is COc1cccc2c(NCc3ccccc3)nc(C3NC(=O)c4ccccc43)nc12. The van der Waals surface area contributed by atoms with Crippen molar-refractivity contribution in [1.82, 2.24) is 15.3 Å². The lowest BCUT2D eigenvalue weighted by atomic mass is 10.0. The number of para-hydroxylation sites is 1. The number of amides is 1. The quantitative estimate of drug-likeness (QED) is 0.532. The average Bonchev–Trinajstić information content (AvgIpc) is 3.14. The summed E-state index contributed by atoms with van der Waals surface area (Å²) in [6, 6.07) is 23.0. The lowest BCUT2D eigenvalue weighted by Gasteiger charge is -2.16. The van der Waals surface area contributed by atoms with Crippen molar-refractivity contribution in [3.05, 3.63) is 95.3 Å². The van der Waals surface area contributed by atoms with E-state index in [1.807, 2.05) is 60.7 Å². The van der Waals surface area contributed by atoms with E-state index in [0.717, 1.165) is 16.5 Å². The van der Waals surface area contributed by atoms with Gasteiger partial charge in [-0.2, -0.15) is 0 Å². The van der Waals surface area contributed by atoms with E-state index in [-0.39, 0.29) is 5.91 Å². The van der Waals surface area contributed by atoms with E-state index in [0.29, 0.717) is 35.0 Å². The summed E-state index contributed by atoms with van der Waals surface area (Å²) < 4.78 is 5.55. The standard InChI is InChI=1S/C24H20N4O2/c1-30-19-13-7-12-18-20(19)26-23(21-16-10-5-6-11-17(16)24(29)27-21)28-22(18)25-14-15-8-3-2-4-9-15/h2-13,21H,14H2,1H3,(H,27,29)(H,25,26,28). The van der Waals surface area contributed by atoms with Crippen LogP contribution in [0.25, 0.3) is 10.9 Å². The number of ether oxygens (including phenoxy) is 1. The maximum atomic E-state index is 12.4. The van der Waals surface area contributed by atoms with E-state index in [2.05, 4.69) is 22.8 Å². The van der Waals surface area contributed by atoms with Crippen LogP contribution in [0.3, 0.4) is 0 Å². The predicted octanol–water partition coefficient (Wildman–Crippen LogP) is 4.08. The molecule has 0 radical (unpaired) electrons. The van der Waals surface area contributed by atoms with Crippen LogP contribution in [0.2, 0.25) is 0 Å². The van der Waals surface area contributed by atoms with E-state index < -0.39 is 6.04 Å². The summed E-state index contributed by atoms with van der Waals surface area (Å²) in [7, 11) is 1.63. The second kappa shape index (κ2) is 7.48. The van der Waals surface area contributed by atoms with E-state index in [9.17, 15) is 4.79 Å². The Morgan fingerprint density at radius 1 is 0.967 bits per heavy atom. The van der Waals surface area contributed by atoms with Crippen LogP contribution in [0.5, 0.6) is 5.75 Å². The highest BCUT2D eigenvalue weighted by molar-refractivity contribution is 6.00. The molecule has 6 heteroatoms. The summed E-state index contributed by atoms with van der Waals surface area (Å²) in [5.74, 6) is 1.78.